The van der Waals surface area contributed by atoms with Crippen molar-refractivity contribution in [3.05, 3.63) is 35.4 Å². The third-order valence-corrected chi connectivity index (χ3v) is 2.92. The number of halogens is 1. The minimum absolute atomic E-state index is 0.333. The molecule has 0 fully saturated rings. The van der Waals surface area contributed by atoms with E-state index in [2.05, 4.69) is 31.2 Å². The molecule has 1 rings (SSSR count). The highest BCUT2D eigenvalue weighted by molar-refractivity contribution is 6.93. The van der Waals surface area contributed by atoms with Gasteiger partial charge in [-0.25, -0.2) is 0 Å². The Morgan fingerprint density at radius 3 is 2.70 bits per heavy atom. The van der Waals surface area contributed by atoms with Crippen molar-refractivity contribution in [3.63, 3.8) is 0 Å². The predicted octanol–water partition coefficient (Wildman–Crippen LogP) is 1.82. The van der Waals surface area contributed by atoms with Crippen LogP contribution in [-0.2, 0) is 6.04 Å². The van der Waals surface area contributed by atoms with Crippen LogP contribution in [0.4, 0.5) is 0 Å². The highest BCUT2D eigenvalue weighted by atomic mass is 35.6. The average molecular weight is 171 g/mol. The highest BCUT2D eigenvalue weighted by Gasteiger charge is 1.93. The molecule has 2 heteroatoms. The first-order valence-corrected chi connectivity index (χ1v) is 6.59. The molecule has 0 bridgehead atoms. The van der Waals surface area contributed by atoms with Crippen LogP contribution in [0, 0.1) is 6.92 Å². The second-order valence-corrected chi connectivity index (χ2v) is 4.38. The average Bonchev–Trinajstić information content (AvgIpc) is 1.94. The zero-order chi connectivity index (χ0) is 7.40. The number of benzene rings is 1. The van der Waals surface area contributed by atoms with Crippen molar-refractivity contribution in [3.8, 4) is 0 Å². The molecule has 54 valence electrons. The van der Waals surface area contributed by atoms with Crippen LogP contribution >= 0.6 is 11.1 Å². The lowest BCUT2D eigenvalue weighted by Gasteiger charge is -2.00. The summed E-state index contributed by atoms with van der Waals surface area (Å²) in [6.45, 7) is 2.14. The van der Waals surface area contributed by atoms with Crippen molar-refractivity contribution in [1.29, 1.82) is 0 Å². The number of rotatable bonds is 2. The highest BCUT2D eigenvalue weighted by Crippen LogP contribution is 2.06. The Morgan fingerprint density at radius 2 is 2.10 bits per heavy atom. The van der Waals surface area contributed by atoms with E-state index in [4.69, 9.17) is 11.1 Å². The van der Waals surface area contributed by atoms with Gasteiger partial charge >= 0.3 is 0 Å². The van der Waals surface area contributed by atoms with Crippen molar-refractivity contribution in [2.24, 2.45) is 0 Å². The molecule has 0 nitrogen and oxygen atoms in total. The molecular weight excluding hydrogens is 160 g/mol. The molecule has 0 unspecified atom stereocenters. The molecule has 1 aromatic rings. The summed E-state index contributed by atoms with van der Waals surface area (Å²) in [4.78, 5) is 0. The van der Waals surface area contributed by atoms with E-state index in [-0.39, 0.29) is 8.83 Å². The van der Waals surface area contributed by atoms with Crippen molar-refractivity contribution >= 4 is 19.9 Å². The van der Waals surface area contributed by atoms with Gasteiger partial charge in [-0.05, 0) is 24.1 Å². The molecule has 1 aromatic carbocycles. The van der Waals surface area contributed by atoms with Gasteiger partial charge in [-0.2, -0.15) is 11.1 Å². The van der Waals surface area contributed by atoms with Crippen LogP contribution in [0.15, 0.2) is 24.3 Å². The van der Waals surface area contributed by atoms with Crippen molar-refractivity contribution in [2.45, 2.75) is 13.0 Å². The summed E-state index contributed by atoms with van der Waals surface area (Å²) in [6, 6.07) is 9.55. The normalized spacial score (nSPS) is 11.0. The summed E-state index contributed by atoms with van der Waals surface area (Å²) in [5.41, 5.74) is 2.79. The van der Waals surface area contributed by atoms with Gasteiger partial charge in [-0.1, -0.05) is 24.3 Å². The Morgan fingerprint density at radius 1 is 1.40 bits per heavy atom. The van der Waals surface area contributed by atoms with E-state index < -0.39 is 0 Å². The van der Waals surface area contributed by atoms with Crippen LogP contribution in [-0.4, -0.2) is 8.83 Å². The molecule has 0 spiro atoms. The summed E-state index contributed by atoms with van der Waals surface area (Å²) in [5, 5.41) is 0. The van der Waals surface area contributed by atoms with E-state index in [0.29, 0.717) is 0 Å². The van der Waals surface area contributed by atoms with Crippen LogP contribution in [0.1, 0.15) is 11.1 Å². The molecule has 0 aliphatic heterocycles. The summed E-state index contributed by atoms with van der Waals surface area (Å²) < 4.78 is 0. The maximum absolute atomic E-state index is 5.75. The zero-order valence-electron chi connectivity index (χ0n) is 6.10. The van der Waals surface area contributed by atoms with E-state index in [0.717, 1.165) is 6.04 Å². The van der Waals surface area contributed by atoms with E-state index in [1.807, 2.05) is 0 Å². The molecular formula is C8H11ClSi. The van der Waals surface area contributed by atoms with Gasteiger partial charge in [-0.3, -0.25) is 0 Å². The monoisotopic (exact) mass is 170 g/mol. The molecule has 0 radical (unpaired) electrons. The van der Waals surface area contributed by atoms with Crippen LogP contribution in [0.25, 0.3) is 0 Å². The topological polar surface area (TPSA) is 0 Å². The molecule has 0 amide bonds. The second kappa shape index (κ2) is 3.79. The summed E-state index contributed by atoms with van der Waals surface area (Å²) in [6.07, 6.45) is 0. The summed E-state index contributed by atoms with van der Waals surface area (Å²) in [5.74, 6) is 0. The third kappa shape index (κ3) is 1.86. The lowest BCUT2D eigenvalue weighted by atomic mass is 10.1. The first kappa shape index (κ1) is 7.83. The molecule has 0 saturated carbocycles. The Kier molecular flexibility index (Phi) is 2.97. The van der Waals surface area contributed by atoms with Gasteiger partial charge in [-0.15, -0.1) is 0 Å². The summed E-state index contributed by atoms with van der Waals surface area (Å²) in [7, 11) is -0.333. The van der Waals surface area contributed by atoms with Crippen LogP contribution in [0.2, 0.25) is 0 Å². The van der Waals surface area contributed by atoms with Gasteiger partial charge in [0.25, 0.3) is 0 Å². The van der Waals surface area contributed by atoms with Crippen molar-refractivity contribution < 1.29 is 0 Å². The van der Waals surface area contributed by atoms with Gasteiger partial charge in [0, 0.05) is 0 Å². The molecule has 0 saturated heterocycles. The minimum atomic E-state index is -0.333. The Labute approximate surface area is 68.7 Å². The van der Waals surface area contributed by atoms with Gasteiger partial charge < -0.3 is 0 Å². The minimum Gasteiger partial charge on any atom is -0.176 e. The van der Waals surface area contributed by atoms with Crippen LogP contribution < -0.4 is 0 Å². The molecule has 0 aromatic heterocycles. The maximum Gasteiger partial charge on any atom is 0.129 e. The second-order valence-electron chi connectivity index (χ2n) is 2.37. The fourth-order valence-corrected chi connectivity index (χ4v) is 2.37. The Balaban J connectivity index is 2.81. The van der Waals surface area contributed by atoms with E-state index in [1.165, 1.54) is 11.1 Å². The van der Waals surface area contributed by atoms with Gasteiger partial charge in [0.05, 0.1) is 0 Å². The zero-order valence-corrected chi connectivity index (χ0v) is 8.27. The SMILES string of the molecule is Cc1ccccc1C[SiH2]Cl. The van der Waals surface area contributed by atoms with Crippen LogP contribution in [0.3, 0.4) is 0 Å². The van der Waals surface area contributed by atoms with Gasteiger partial charge in [0.15, 0.2) is 0 Å². The molecule has 0 atom stereocenters. The van der Waals surface area contributed by atoms with E-state index in [9.17, 15) is 0 Å². The quantitative estimate of drug-likeness (QED) is 0.469. The lowest BCUT2D eigenvalue weighted by molar-refractivity contribution is 1.30. The number of hydrogen-bond donors (Lipinski definition) is 0. The first-order chi connectivity index (χ1) is 4.84. The molecule has 0 aliphatic carbocycles. The number of aryl methyl sites for hydroxylation is 1. The predicted molar refractivity (Wildman–Crippen MR) is 49.3 cm³/mol. The largest absolute Gasteiger partial charge is 0.176 e. The van der Waals surface area contributed by atoms with Crippen molar-refractivity contribution in [1.82, 2.24) is 0 Å². The van der Waals surface area contributed by atoms with Gasteiger partial charge in [0.2, 0.25) is 0 Å². The molecule has 0 aliphatic rings. The van der Waals surface area contributed by atoms with Crippen molar-refractivity contribution in [2.75, 3.05) is 0 Å². The fraction of sp³-hybridized carbons (Fsp3) is 0.250. The molecule has 0 N–H and O–H groups in total. The standard InChI is InChI=1S/C8H11ClSi/c1-7-4-2-3-5-8(7)6-10-9/h2-5H,6,10H2,1H3. The Hall–Kier alpha value is -0.273. The van der Waals surface area contributed by atoms with Crippen LogP contribution in [0.5, 0.6) is 0 Å². The van der Waals surface area contributed by atoms with E-state index in [1.54, 1.807) is 0 Å². The molecule has 10 heavy (non-hydrogen) atoms. The Bertz CT molecular complexity index is 210. The third-order valence-electron chi connectivity index (χ3n) is 1.63. The molecule has 0 heterocycles. The van der Waals surface area contributed by atoms with E-state index >= 15 is 0 Å². The maximum atomic E-state index is 5.75. The number of hydrogen-bond acceptors (Lipinski definition) is 0. The fourth-order valence-electron chi connectivity index (χ4n) is 0.992. The first-order valence-electron chi connectivity index (χ1n) is 3.45. The lowest BCUT2D eigenvalue weighted by Crippen LogP contribution is -1.91. The summed E-state index contributed by atoms with van der Waals surface area (Å²) >= 11 is 5.75. The smallest absolute Gasteiger partial charge is 0.129 e. The van der Waals surface area contributed by atoms with Gasteiger partial charge in [0.1, 0.15) is 8.83 Å².